The van der Waals surface area contributed by atoms with E-state index < -0.39 is 0 Å². The average molecular weight is 393 g/mol. The number of nitriles is 1. The Hall–Kier alpha value is -3.17. The van der Waals surface area contributed by atoms with E-state index in [0.29, 0.717) is 22.6 Å². The lowest BCUT2D eigenvalue weighted by atomic mass is 10.2. The number of benzene rings is 2. The first-order chi connectivity index (χ1) is 12.1. The molecular formula is C19H13BrN4O. The maximum atomic E-state index is 12.2. The zero-order valence-electron chi connectivity index (χ0n) is 13.0. The molecule has 0 atom stereocenters. The summed E-state index contributed by atoms with van der Waals surface area (Å²) in [6.45, 7) is 0. The van der Waals surface area contributed by atoms with Gasteiger partial charge in [-0.25, -0.2) is 4.98 Å². The van der Waals surface area contributed by atoms with Crippen molar-refractivity contribution in [2.24, 2.45) is 0 Å². The SMILES string of the molecule is N#Cc1cccc(Nc2ccc(NC(=O)c3cccc(Br)c3)cn2)c1. The standard InChI is InChI=1S/C19H13BrN4O/c20-15-5-2-4-14(10-15)19(25)24-17-7-8-18(22-12-17)23-16-6-1-3-13(9-16)11-21/h1-10,12H,(H,22,23)(H,24,25). The minimum Gasteiger partial charge on any atom is -0.340 e. The van der Waals surface area contributed by atoms with E-state index in [9.17, 15) is 4.79 Å². The molecule has 3 rings (SSSR count). The quantitative estimate of drug-likeness (QED) is 0.673. The molecule has 0 saturated carbocycles. The molecule has 0 spiro atoms. The third-order valence-electron chi connectivity index (χ3n) is 3.37. The number of anilines is 3. The van der Waals surface area contributed by atoms with Gasteiger partial charge in [-0.3, -0.25) is 4.79 Å². The maximum Gasteiger partial charge on any atom is 0.255 e. The van der Waals surface area contributed by atoms with Crippen LogP contribution in [0.2, 0.25) is 0 Å². The molecule has 2 N–H and O–H groups in total. The van der Waals surface area contributed by atoms with Crippen molar-refractivity contribution in [2.45, 2.75) is 0 Å². The fourth-order valence-corrected chi connectivity index (χ4v) is 2.59. The van der Waals surface area contributed by atoms with Crippen molar-refractivity contribution in [3.63, 3.8) is 0 Å². The lowest BCUT2D eigenvalue weighted by Gasteiger charge is -2.08. The van der Waals surface area contributed by atoms with Crippen LogP contribution in [0.3, 0.4) is 0 Å². The number of rotatable bonds is 4. The number of amides is 1. The summed E-state index contributed by atoms with van der Waals surface area (Å²) in [5.41, 5.74) is 2.51. The number of aromatic nitrogens is 1. The number of hydrogen-bond acceptors (Lipinski definition) is 4. The monoisotopic (exact) mass is 392 g/mol. The van der Waals surface area contributed by atoms with E-state index in [1.165, 1.54) is 0 Å². The number of nitrogens with one attached hydrogen (secondary N) is 2. The Morgan fingerprint density at radius 2 is 1.88 bits per heavy atom. The first-order valence-electron chi connectivity index (χ1n) is 7.44. The first-order valence-corrected chi connectivity index (χ1v) is 8.23. The van der Waals surface area contributed by atoms with Crippen molar-refractivity contribution < 1.29 is 4.79 Å². The van der Waals surface area contributed by atoms with Crippen LogP contribution in [0.15, 0.2) is 71.3 Å². The molecule has 6 heteroatoms. The highest BCUT2D eigenvalue weighted by atomic mass is 79.9. The van der Waals surface area contributed by atoms with Crippen LogP contribution >= 0.6 is 15.9 Å². The fourth-order valence-electron chi connectivity index (χ4n) is 2.19. The molecule has 1 aromatic heterocycles. The number of nitrogens with zero attached hydrogens (tertiary/aromatic N) is 2. The molecule has 0 radical (unpaired) electrons. The van der Waals surface area contributed by atoms with E-state index in [1.54, 1.807) is 54.7 Å². The predicted molar refractivity (Wildman–Crippen MR) is 101 cm³/mol. The van der Waals surface area contributed by atoms with Crippen LogP contribution in [0.1, 0.15) is 15.9 Å². The van der Waals surface area contributed by atoms with E-state index in [1.807, 2.05) is 12.1 Å². The highest BCUT2D eigenvalue weighted by Crippen LogP contribution is 2.18. The van der Waals surface area contributed by atoms with Gasteiger partial charge < -0.3 is 10.6 Å². The minimum absolute atomic E-state index is 0.203. The van der Waals surface area contributed by atoms with Gasteiger partial charge in [0, 0.05) is 15.7 Å². The zero-order chi connectivity index (χ0) is 17.6. The molecule has 5 nitrogen and oxygen atoms in total. The number of pyridine rings is 1. The number of hydrogen-bond donors (Lipinski definition) is 2. The molecule has 122 valence electrons. The molecule has 0 unspecified atom stereocenters. The van der Waals surface area contributed by atoms with Gasteiger partial charge in [-0.1, -0.05) is 28.1 Å². The summed E-state index contributed by atoms with van der Waals surface area (Å²) in [6, 6.07) is 19.9. The Bertz CT molecular complexity index is 948. The summed E-state index contributed by atoms with van der Waals surface area (Å²) in [6.07, 6.45) is 1.58. The van der Waals surface area contributed by atoms with Crippen LogP contribution in [0.25, 0.3) is 0 Å². The third-order valence-corrected chi connectivity index (χ3v) is 3.87. The Morgan fingerprint density at radius 3 is 2.60 bits per heavy atom. The minimum atomic E-state index is -0.203. The molecule has 0 aliphatic carbocycles. The molecule has 0 bridgehead atoms. The van der Waals surface area contributed by atoms with Crippen molar-refractivity contribution >= 4 is 39.0 Å². The van der Waals surface area contributed by atoms with Crippen LogP contribution in [0, 0.1) is 11.3 Å². The average Bonchev–Trinajstić information content (AvgIpc) is 2.63. The van der Waals surface area contributed by atoms with Gasteiger partial charge in [-0.05, 0) is 48.5 Å². The fraction of sp³-hybridized carbons (Fsp3) is 0. The Balaban J connectivity index is 1.68. The topological polar surface area (TPSA) is 77.8 Å². The summed E-state index contributed by atoms with van der Waals surface area (Å²) in [4.78, 5) is 16.5. The lowest BCUT2D eigenvalue weighted by molar-refractivity contribution is 0.102. The number of halogens is 1. The van der Waals surface area contributed by atoms with Gasteiger partial charge in [-0.15, -0.1) is 0 Å². The Labute approximate surface area is 153 Å². The summed E-state index contributed by atoms with van der Waals surface area (Å²) in [5.74, 6) is 0.418. The third kappa shape index (κ3) is 4.43. The van der Waals surface area contributed by atoms with E-state index in [4.69, 9.17) is 5.26 Å². The van der Waals surface area contributed by atoms with Crippen molar-refractivity contribution in [1.29, 1.82) is 5.26 Å². The van der Waals surface area contributed by atoms with E-state index in [2.05, 4.69) is 37.6 Å². The number of carbonyl (C=O) groups is 1. The number of carbonyl (C=O) groups excluding carboxylic acids is 1. The molecule has 25 heavy (non-hydrogen) atoms. The molecule has 0 fully saturated rings. The van der Waals surface area contributed by atoms with Gasteiger partial charge in [0.2, 0.25) is 0 Å². The summed E-state index contributed by atoms with van der Waals surface area (Å²) in [7, 11) is 0. The van der Waals surface area contributed by atoms with Crippen LogP contribution in [0.4, 0.5) is 17.2 Å². The van der Waals surface area contributed by atoms with Crippen molar-refractivity contribution in [3.05, 3.63) is 82.5 Å². The first kappa shape index (κ1) is 16.7. The van der Waals surface area contributed by atoms with Crippen molar-refractivity contribution in [3.8, 4) is 6.07 Å². The van der Waals surface area contributed by atoms with E-state index in [0.717, 1.165) is 10.2 Å². The van der Waals surface area contributed by atoms with Crippen LogP contribution < -0.4 is 10.6 Å². The van der Waals surface area contributed by atoms with Crippen LogP contribution in [0.5, 0.6) is 0 Å². The Morgan fingerprint density at radius 1 is 1.04 bits per heavy atom. The molecule has 0 aliphatic heterocycles. The normalized spacial score (nSPS) is 9.92. The van der Waals surface area contributed by atoms with Gasteiger partial charge in [0.15, 0.2) is 0 Å². The molecule has 0 saturated heterocycles. The second-order valence-corrected chi connectivity index (χ2v) is 6.13. The van der Waals surface area contributed by atoms with Crippen molar-refractivity contribution in [1.82, 2.24) is 4.98 Å². The molecule has 0 aliphatic rings. The van der Waals surface area contributed by atoms with Gasteiger partial charge in [0.1, 0.15) is 5.82 Å². The molecule has 1 amide bonds. The summed E-state index contributed by atoms with van der Waals surface area (Å²) < 4.78 is 0.845. The van der Waals surface area contributed by atoms with Gasteiger partial charge >= 0.3 is 0 Å². The molecule has 1 heterocycles. The van der Waals surface area contributed by atoms with Crippen molar-refractivity contribution in [2.75, 3.05) is 10.6 Å². The van der Waals surface area contributed by atoms with Gasteiger partial charge in [0.25, 0.3) is 5.91 Å². The largest absolute Gasteiger partial charge is 0.340 e. The van der Waals surface area contributed by atoms with Crippen LogP contribution in [-0.2, 0) is 0 Å². The van der Waals surface area contributed by atoms with Gasteiger partial charge in [-0.2, -0.15) is 5.26 Å². The smallest absolute Gasteiger partial charge is 0.255 e. The second-order valence-electron chi connectivity index (χ2n) is 5.21. The van der Waals surface area contributed by atoms with Gasteiger partial charge in [0.05, 0.1) is 23.5 Å². The van der Waals surface area contributed by atoms with Crippen LogP contribution in [-0.4, -0.2) is 10.9 Å². The lowest BCUT2D eigenvalue weighted by Crippen LogP contribution is -2.12. The highest BCUT2D eigenvalue weighted by molar-refractivity contribution is 9.10. The molecule has 3 aromatic rings. The van der Waals surface area contributed by atoms with E-state index in [-0.39, 0.29) is 5.91 Å². The summed E-state index contributed by atoms with van der Waals surface area (Å²) in [5, 5.41) is 14.8. The maximum absolute atomic E-state index is 12.2. The molecule has 2 aromatic carbocycles. The van der Waals surface area contributed by atoms with E-state index >= 15 is 0 Å². The second kappa shape index (κ2) is 7.60. The summed E-state index contributed by atoms with van der Waals surface area (Å²) >= 11 is 3.35. The zero-order valence-corrected chi connectivity index (χ0v) is 14.6. The Kier molecular flexibility index (Phi) is 5.07. The molecular weight excluding hydrogens is 380 g/mol. The predicted octanol–water partition coefficient (Wildman–Crippen LogP) is 4.71. The highest BCUT2D eigenvalue weighted by Gasteiger charge is 2.07.